The van der Waals surface area contributed by atoms with Crippen LogP contribution in [0.4, 0.5) is 0 Å². The van der Waals surface area contributed by atoms with Gasteiger partial charge in [0, 0.05) is 12.6 Å². The molecular weight excluding hydrogens is 410 g/mol. The van der Waals surface area contributed by atoms with Crippen LogP contribution in [0.25, 0.3) is 0 Å². The number of esters is 1. The molecule has 176 valence electrons. The third-order valence-electron chi connectivity index (χ3n) is 9.05. The molecule has 2 aromatic rings. The van der Waals surface area contributed by atoms with E-state index < -0.39 is 5.41 Å². The van der Waals surface area contributed by atoms with Crippen molar-refractivity contribution in [2.24, 2.45) is 11.8 Å². The SMILES string of the molecule is CCCCOC(=O)[C@@]1(c2ccccc2)C[C@H]1CN1CC[C@@]2(C)c3cc(O)ccc3C[C@@H]1C2C. The zero-order valence-electron chi connectivity index (χ0n) is 20.2. The number of ether oxygens (including phenoxy) is 1. The van der Waals surface area contributed by atoms with Gasteiger partial charge in [-0.05, 0) is 78.3 Å². The Kier molecular flexibility index (Phi) is 5.76. The number of hydrogen-bond acceptors (Lipinski definition) is 4. The van der Waals surface area contributed by atoms with Crippen LogP contribution >= 0.6 is 0 Å². The molecule has 0 amide bonds. The summed E-state index contributed by atoms with van der Waals surface area (Å²) in [5.41, 5.74) is 3.41. The summed E-state index contributed by atoms with van der Waals surface area (Å²) in [6, 6.07) is 16.7. The molecule has 33 heavy (non-hydrogen) atoms. The van der Waals surface area contributed by atoms with Crippen molar-refractivity contribution in [3.8, 4) is 5.75 Å². The van der Waals surface area contributed by atoms with Crippen LogP contribution in [0.5, 0.6) is 5.75 Å². The molecule has 2 fully saturated rings. The second-order valence-corrected chi connectivity index (χ2v) is 10.8. The molecule has 0 radical (unpaired) electrons. The van der Waals surface area contributed by atoms with Crippen LogP contribution in [0, 0.1) is 11.8 Å². The molecule has 1 unspecified atom stereocenters. The second-order valence-electron chi connectivity index (χ2n) is 10.8. The smallest absolute Gasteiger partial charge is 0.316 e. The Morgan fingerprint density at radius 1 is 1.21 bits per heavy atom. The molecule has 4 heteroatoms. The Labute approximate surface area is 198 Å². The van der Waals surface area contributed by atoms with Crippen LogP contribution in [0.1, 0.15) is 63.1 Å². The van der Waals surface area contributed by atoms with Gasteiger partial charge in [-0.25, -0.2) is 0 Å². The van der Waals surface area contributed by atoms with E-state index in [1.807, 2.05) is 30.3 Å². The molecule has 1 N–H and O–H groups in total. The third kappa shape index (κ3) is 3.67. The maximum absolute atomic E-state index is 13.3. The van der Waals surface area contributed by atoms with Gasteiger partial charge in [0.1, 0.15) is 5.75 Å². The van der Waals surface area contributed by atoms with Gasteiger partial charge < -0.3 is 9.84 Å². The van der Waals surface area contributed by atoms with E-state index in [1.165, 1.54) is 11.1 Å². The number of carbonyl (C=O) groups excluding carboxylic acids is 1. The molecule has 4 nitrogen and oxygen atoms in total. The van der Waals surface area contributed by atoms with Gasteiger partial charge >= 0.3 is 5.97 Å². The third-order valence-corrected chi connectivity index (χ3v) is 9.05. The van der Waals surface area contributed by atoms with Crippen molar-refractivity contribution in [3.05, 3.63) is 65.2 Å². The summed E-state index contributed by atoms with van der Waals surface area (Å²) in [4.78, 5) is 16.0. The molecule has 5 rings (SSSR count). The fourth-order valence-electron chi connectivity index (χ4n) is 6.65. The monoisotopic (exact) mass is 447 g/mol. The summed E-state index contributed by atoms with van der Waals surface area (Å²) in [6.45, 7) is 9.36. The number of fused-ring (bicyclic) bond motifs is 4. The number of benzene rings is 2. The first-order valence-electron chi connectivity index (χ1n) is 12.7. The first-order chi connectivity index (χ1) is 15.9. The topological polar surface area (TPSA) is 49.8 Å². The van der Waals surface area contributed by atoms with Crippen molar-refractivity contribution in [2.75, 3.05) is 19.7 Å². The van der Waals surface area contributed by atoms with Crippen LogP contribution in [0.15, 0.2) is 48.5 Å². The fraction of sp³-hybridized carbons (Fsp3) is 0.552. The van der Waals surface area contributed by atoms with Gasteiger partial charge in [-0.3, -0.25) is 9.69 Å². The van der Waals surface area contributed by atoms with Crippen LogP contribution in [-0.2, 0) is 26.8 Å². The number of nitrogens with zero attached hydrogens (tertiary/aromatic N) is 1. The van der Waals surface area contributed by atoms with Crippen LogP contribution in [0.2, 0.25) is 0 Å². The second kappa shape index (κ2) is 8.47. The Bertz CT molecular complexity index is 1020. The fourth-order valence-corrected chi connectivity index (χ4v) is 6.65. The average molecular weight is 448 g/mol. The highest BCUT2D eigenvalue weighted by Gasteiger charge is 2.63. The van der Waals surface area contributed by atoms with E-state index in [0.717, 1.165) is 50.8 Å². The molecule has 1 saturated carbocycles. The Morgan fingerprint density at radius 3 is 2.76 bits per heavy atom. The summed E-state index contributed by atoms with van der Waals surface area (Å²) >= 11 is 0. The first kappa shape index (κ1) is 22.5. The number of phenols is 1. The highest BCUT2D eigenvalue weighted by molar-refractivity contribution is 5.87. The lowest BCUT2D eigenvalue weighted by molar-refractivity contribution is -0.147. The van der Waals surface area contributed by atoms with E-state index in [2.05, 4.69) is 43.9 Å². The number of rotatable bonds is 7. The Hall–Kier alpha value is -2.33. The zero-order chi connectivity index (χ0) is 23.2. The number of aromatic hydroxyl groups is 1. The number of hydrogen-bond donors (Lipinski definition) is 1. The van der Waals surface area contributed by atoms with Gasteiger partial charge in [-0.1, -0.05) is 63.6 Å². The number of phenolic OH excluding ortho intramolecular Hbond substituents is 1. The highest BCUT2D eigenvalue weighted by atomic mass is 16.5. The largest absolute Gasteiger partial charge is 0.508 e. The van der Waals surface area contributed by atoms with Gasteiger partial charge in [-0.2, -0.15) is 0 Å². The van der Waals surface area contributed by atoms with Crippen molar-refractivity contribution >= 4 is 5.97 Å². The van der Waals surface area contributed by atoms with Crippen LogP contribution < -0.4 is 0 Å². The van der Waals surface area contributed by atoms with E-state index >= 15 is 0 Å². The number of carbonyl (C=O) groups is 1. The van der Waals surface area contributed by atoms with Crippen LogP contribution in [0.3, 0.4) is 0 Å². The minimum absolute atomic E-state index is 0.0356. The normalized spacial score (nSPS) is 32.8. The zero-order valence-corrected chi connectivity index (χ0v) is 20.2. The number of unbranched alkanes of at least 4 members (excludes halogenated alkanes) is 1. The number of likely N-dealkylation sites (tertiary alicyclic amines) is 1. The lowest BCUT2D eigenvalue weighted by Gasteiger charge is -2.55. The Morgan fingerprint density at radius 2 is 2.00 bits per heavy atom. The van der Waals surface area contributed by atoms with Gasteiger partial charge in [0.15, 0.2) is 0 Å². The van der Waals surface area contributed by atoms with Crippen molar-refractivity contribution < 1.29 is 14.6 Å². The maximum atomic E-state index is 13.3. The lowest BCUT2D eigenvalue weighted by Crippen LogP contribution is -2.58. The van der Waals surface area contributed by atoms with Gasteiger partial charge in [0.2, 0.25) is 0 Å². The van der Waals surface area contributed by atoms with E-state index in [4.69, 9.17) is 4.74 Å². The first-order valence-corrected chi connectivity index (χ1v) is 12.7. The summed E-state index contributed by atoms with van der Waals surface area (Å²) in [5.74, 6) is 1.13. The Balaban J connectivity index is 1.37. The molecule has 0 aromatic heterocycles. The van der Waals surface area contributed by atoms with Gasteiger partial charge in [0.05, 0.1) is 12.0 Å². The minimum Gasteiger partial charge on any atom is -0.508 e. The van der Waals surface area contributed by atoms with E-state index in [1.54, 1.807) is 0 Å². The van der Waals surface area contributed by atoms with E-state index in [9.17, 15) is 9.90 Å². The van der Waals surface area contributed by atoms with Gasteiger partial charge in [-0.15, -0.1) is 0 Å². The summed E-state index contributed by atoms with van der Waals surface area (Å²) in [7, 11) is 0. The summed E-state index contributed by atoms with van der Waals surface area (Å²) in [6.07, 6.45) is 4.91. The molecule has 1 heterocycles. The molecule has 3 aliphatic rings. The molecule has 2 aliphatic carbocycles. The summed E-state index contributed by atoms with van der Waals surface area (Å²) in [5, 5.41) is 10.1. The van der Waals surface area contributed by atoms with Crippen molar-refractivity contribution in [2.45, 2.75) is 69.7 Å². The number of piperidine rings is 1. The molecule has 2 bridgehead atoms. The van der Waals surface area contributed by atoms with Crippen molar-refractivity contribution in [1.82, 2.24) is 4.90 Å². The van der Waals surface area contributed by atoms with Crippen molar-refractivity contribution in [1.29, 1.82) is 0 Å². The molecule has 1 saturated heterocycles. The lowest BCUT2D eigenvalue weighted by atomic mass is 9.59. The molecule has 1 aliphatic heterocycles. The van der Waals surface area contributed by atoms with E-state index in [-0.39, 0.29) is 11.4 Å². The van der Waals surface area contributed by atoms with Crippen molar-refractivity contribution in [3.63, 3.8) is 0 Å². The molecule has 2 aromatic carbocycles. The van der Waals surface area contributed by atoms with Crippen LogP contribution in [-0.4, -0.2) is 41.7 Å². The minimum atomic E-state index is -0.489. The predicted molar refractivity (Wildman–Crippen MR) is 130 cm³/mol. The quantitative estimate of drug-likeness (QED) is 0.467. The molecule has 0 spiro atoms. The molecule has 5 atom stereocenters. The highest BCUT2D eigenvalue weighted by Crippen LogP contribution is 2.57. The summed E-state index contributed by atoms with van der Waals surface area (Å²) < 4.78 is 5.78. The van der Waals surface area contributed by atoms with Gasteiger partial charge in [0.25, 0.3) is 0 Å². The standard InChI is InChI=1S/C29H37NO3/c1-4-5-15-33-27(32)29(22-9-7-6-8-10-22)18-23(29)19-30-14-13-28(3)20(2)26(30)16-21-11-12-24(31)17-25(21)28/h6-12,17,20,23,26,31H,4-5,13-16,18-19H2,1-3H3/t20?,23-,26+,28+,29+/m0/s1. The van der Waals surface area contributed by atoms with E-state index in [0.29, 0.717) is 30.2 Å². The predicted octanol–water partition coefficient (Wildman–Crippen LogP) is 5.22. The average Bonchev–Trinajstić information content (AvgIpc) is 3.54. The molecular formula is C29H37NO3. The maximum Gasteiger partial charge on any atom is 0.316 e.